The van der Waals surface area contributed by atoms with E-state index in [4.69, 9.17) is 11.6 Å². The normalized spacial score (nSPS) is 13.7. The molecule has 1 saturated heterocycles. The molecular formula is C24H27ClN6O2S. The van der Waals surface area contributed by atoms with Gasteiger partial charge in [0.25, 0.3) is 0 Å². The van der Waals surface area contributed by atoms with Crippen molar-refractivity contribution >= 4 is 41.0 Å². The predicted octanol–water partition coefficient (Wildman–Crippen LogP) is 4.26. The number of rotatable bonds is 6. The average Bonchev–Trinajstić information content (AvgIpc) is 3.33. The van der Waals surface area contributed by atoms with Crippen LogP contribution >= 0.6 is 23.4 Å². The van der Waals surface area contributed by atoms with Crippen molar-refractivity contribution in [3.05, 3.63) is 64.9 Å². The van der Waals surface area contributed by atoms with E-state index in [-0.39, 0.29) is 17.7 Å². The van der Waals surface area contributed by atoms with Gasteiger partial charge in [-0.05, 0) is 42.7 Å². The van der Waals surface area contributed by atoms with Crippen LogP contribution in [-0.4, -0.2) is 68.4 Å². The third kappa shape index (κ3) is 5.53. The molecule has 1 aliphatic heterocycles. The first-order valence-electron chi connectivity index (χ1n) is 11.2. The summed E-state index contributed by atoms with van der Waals surface area (Å²) in [6.07, 6.45) is 2.58. The third-order valence-electron chi connectivity index (χ3n) is 5.82. The van der Waals surface area contributed by atoms with Crippen molar-refractivity contribution in [3.8, 4) is 5.69 Å². The molecule has 178 valence electrons. The molecule has 2 aromatic carbocycles. The maximum Gasteiger partial charge on any atom is 0.321 e. The number of halogens is 1. The molecule has 1 aromatic heterocycles. The lowest BCUT2D eigenvalue weighted by Gasteiger charge is -2.34. The summed E-state index contributed by atoms with van der Waals surface area (Å²) in [5, 5.41) is 12.4. The Morgan fingerprint density at radius 2 is 1.82 bits per heavy atom. The smallest absolute Gasteiger partial charge is 0.321 e. The topological polar surface area (TPSA) is 83.4 Å². The predicted molar refractivity (Wildman–Crippen MR) is 135 cm³/mol. The minimum Gasteiger partial charge on any atom is -0.338 e. The van der Waals surface area contributed by atoms with Crippen LogP contribution in [0.15, 0.2) is 53.9 Å². The molecule has 3 aromatic rings. The van der Waals surface area contributed by atoms with Gasteiger partial charge in [0.15, 0.2) is 5.16 Å². The van der Waals surface area contributed by atoms with Crippen LogP contribution in [0.5, 0.6) is 0 Å². The summed E-state index contributed by atoms with van der Waals surface area (Å²) in [7, 11) is 0. The van der Waals surface area contributed by atoms with Crippen LogP contribution in [0, 0.1) is 6.92 Å². The Balaban J connectivity index is 1.29. The SMILES string of the molecule is CCc1ccccc1-n1cnnc1SCC(=O)N1CCN(C(=O)Nc2ccc(C)c(Cl)c2)CC1. The molecule has 0 atom stereocenters. The lowest BCUT2D eigenvalue weighted by molar-refractivity contribution is -0.129. The molecule has 2 heterocycles. The van der Waals surface area contributed by atoms with E-state index in [9.17, 15) is 9.59 Å². The van der Waals surface area contributed by atoms with E-state index in [1.165, 1.54) is 17.3 Å². The number of nitrogens with zero attached hydrogens (tertiary/aromatic N) is 5. The number of amides is 3. The maximum atomic E-state index is 12.8. The first-order chi connectivity index (χ1) is 16.5. The molecule has 4 rings (SSSR count). The van der Waals surface area contributed by atoms with Crippen LogP contribution in [0.4, 0.5) is 10.5 Å². The first kappa shape index (κ1) is 24.1. The molecule has 0 aliphatic carbocycles. The number of thioether (sulfide) groups is 1. The van der Waals surface area contributed by atoms with E-state index >= 15 is 0 Å². The number of hydrogen-bond acceptors (Lipinski definition) is 5. The van der Waals surface area contributed by atoms with Crippen LogP contribution in [0.25, 0.3) is 5.69 Å². The van der Waals surface area contributed by atoms with Crippen LogP contribution in [0.2, 0.25) is 5.02 Å². The van der Waals surface area contributed by atoms with Gasteiger partial charge in [-0.3, -0.25) is 9.36 Å². The third-order valence-corrected chi connectivity index (χ3v) is 7.15. The highest BCUT2D eigenvalue weighted by Crippen LogP contribution is 2.23. The van der Waals surface area contributed by atoms with Gasteiger partial charge in [0.2, 0.25) is 5.91 Å². The minimum absolute atomic E-state index is 0.0219. The quantitative estimate of drug-likeness (QED) is 0.513. The molecule has 34 heavy (non-hydrogen) atoms. The van der Waals surface area contributed by atoms with Gasteiger partial charge in [-0.2, -0.15) is 0 Å². The van der Waals surface area contributed by atoms with Crippen LogP contribution in [-0.2, 0) is 11.2 Å². The van der Waals surface area contributed by atoms with Gasteiger partial charge in [0, 0.05) is 36.9 Å². The average molecular weight is 499 g/mol. The summed E-state index contributed by atoms with van der Waals surface area (Å²) < 4.78 is 1.93. The fourth-order valence-electron chi connectivity index (χ4n) is 3.78. The van der Waals surface area contributed by atoms with Crippen molar-refractivity contribution in [2.45, 2.75) is 25.4 Å². The zero-order valence-electron chi connectivity index (χ0n) is 19.2. The van der Waals surface area contributed by atoms with Crippen LogP contribution in [0.3, 0.4) is 0 Å². The second-order valence-electron chi connectivity index (χ2n) is 8.02. The molecule has 10 heteroatoms. The lowest BCUT2D eigenvalue weighted by atomic mass is 10.1. The molecule has 0 saturated carbocycles. The molecule has 8 nitrogen and oxygen atoms in total. The minimum atomic E-state index is -0.191. The van der Waals surface area contributed by atoms with Crippen molar-refractivity contribution in [1.29, 1.82) is 0 Å². The van der Waals surface area contributed by atoms with Crippen molar-refractivity contribution in [2.75, 3.05) is 37.2 Å². The van der Waals surface area contributed by atoms with Gasteiger partial charge < -0.3 is 15.1 Å². The number of anilines is 1. The number of benzene rings is 2. The van der Waals surface area contributed by atoms with E-state index in [0.29, 0.717) is 42.0 Å². The maximum absolute atomic E-state index is 12.8. The van der Waals surface area contributed by atoms with Gasteiger partial charge in [-0.15, -0.1) is 10.2 Å². The number of nitrogens with one attached hydrogen (secondary N) is 1. The number of piperazine rings is 1. The highest BCUT2D eigenvalue weighted by molar-refractivity contribution is 7.99. The molecule has 0 radical (unpaired) electrons. The first-order valence-corrected chi connectivity index (χ1v) is 12.5. The number of aryl methyl sites for hydroxylation is 2. The number of carbonyl (C=O) groups excluding carboxylic acids is 2. The number of urea groups is 1. The van der Waals surface area contributed by atoms with E-state index < -0.39 is 0 Å². The largest absolute Gasteiger partial charge is 0.338 e. The Morgan fingerprint density at radius 3 is 2.56 bits per heavy atom. The van der Waals surface area contributed by atoms with Crippen molar-refractivity contribution in [2.24, 2.45) is 0 Å². The van der Waals surface area contributed by atoms with Gasteiger partial charge in [0.1, 0.15) is 6.33 Å². The zero-order chi connectivity index (χ0) is 24.1. The molecule has 1 fully saturated rings. The van der Waals surface area contributed by atoms with Crippen LogP contribution < -0.4 is 5.32 Å². The Hall–Kier alpha value is -3.04. The van der Waals surface area contributed by atoms with Gasteiger partial charge in [0.05, 0.1) is 11.4 Å². The fourth-order valence-corrected chi connectivity index (χ4v) is 4.79. The second-order valence-corrected chi connectivity index (χ2v) is 9.37. The van der Waals surface area contributed by atoms with Crippen LogP contribution in [0.1, 0.15) is 18.1 Å². The van der Waals surface area contributed by atoms with Crippen molar-refractivity contribution < 1.29 is 9.59 Å². The summed E-state index contributed by atoms with van der Waals surface area (Å²) in [5.41, 5.74) is 3.83. The highest BCUT2D eigenvalue weighted by Gasteiger charge is 2.25. The number of carbonyl (C=O) groups is 2. The number of para-hydroxylation sites is 1. The molecule has 0 unspecified atom stereocenters. The van der Waals surface area contributed by atoms with Gasteiger partial charge in [-0.25, -0.2) is 4.79 Å². The zero-order valence-corrected chi connectivity index (χ0v) is 20.8. The summed E-state index contributed by atoms with van der Waals surface area (Å²) in [6, 6.07) is 13.4. The van der Waals surface area contributed by atoms with E-state index in [1.807, 2.05) is 41.8 Å². The summed E-state index contributed by atoms with van der Waals surface area (Å²) in [4.78, 5) is 28.9. The Morgan fingerprint density at radius 1 is 1.09 bits per heavy atom. The summed E-state index contributed by atoms with van der Waals surface area (Å²) in [5.74, 6) is 0.287. The monoisotopic (exact) mass is 498 g/mol. The Labute approximate surface area is 208 Å². The highest BCUT2D eigenvalue weighted by atomic mass is 35.5. The lowest BCUT2D eigenvalue weighted by Crippen LogP contribution is -2.52. The van der Waals surface area contributed by atoms with Crippen molar-refractivity contribution in [1.82, 2.24) is 24.6 Å². The second kappa shape index (κ2) is 10.9. The number of aromatic nitrogens is 3. The summed E-state index contributed by atoms with van der Waals surface area (Å²) in [6.45, 7) is 5.95. The molecule has 3 amide bonds. The Bertz CT molecular complexity index is 1180. The molecule has 0 spiro atoms. The fraction of sp³-hybridized carbons (Fsp3) is 0.333. The Kier molecular flexibility index (Phi) is 7.74. The van der Waals surface area contributed by atoms with Gasteiger partial charge in [-0.1, -0.05) is 54.6 Å². The molecular weight excluding hydrogens is 472 g/mol. The van der Waals surface area contributed by atoms with Crippen molar-refractivity contribution in [3.63, 3.8) is 0 Å². The van der Waals surface area contributed by atoms with Gasteiger partial charge >= 0.3 is 6.03 Å². The molecule has 1 N–H and O–H groups in total. The van der Waals surface area contributed by atoms with E-state index in [0.717, 1.165) is 17.7 Å². The molecule has 0 bridgehead atoms. The molecule has 1 aliphatic rings. The number of hydrogen-bond donors (Lipinski definition) is 1. The van der Waals surface area contributed by atoms with E-state index in [1.54, 1.807) is 22.2 Å². The van der Waals surface area contributed by atoms with E-state index in [2.05, 4.69) is 28.5 Å². The summed E-state index contributed by atoms with van der Waals surface area (Å²) >= 11 is 7.52. The standard InChI is InChI=1S/C24H27ClN6O2S/c1-3-18-6-4-5-7-21(18)31-16-26-28-24(31)34-15-22(32)29-10-12-30(13-11-29)23(33)27-19-9-8-17(2)20(25)14-19/h4-9,14,16H,3,10-13,15H2,1-2H3,(H,27,33).